The molecule has 0 aliphatic rings. The standard InChI is InChI=1S/C11H19NO2/c1-7(12-11(4,5)6)10(8(2)13)9(3)14/h13H,1-6H3/b10-8+,12-7?. The zero-order valence-electron chi connectivity index (χ0n) is 9.80. The van der Waals surface area contributed by atoms with Crippen LogP contribution in [0.2, 0.25) is 0 Å². The number of carbonyl (C=O) groups excluding carboxylic acids is 1. The molecule has 14 heavy (non-hydrogen) atoms. The summed E-state index contributed by atoms with van der Waals surface area (Å²) in [6, 6.07) is 0. The van der Waals surface area contributed by atoms with Crippen molar-refractivity contribution in [2.24, 2.45) is 4.99 Å². The minimum absolute atomic E-state index is 0.0306. The van der Waals surface area contributed by atoms with Crippen LogP contribution in [0.5, 0.6) is 0 Å². The van der Waals surface area contributed by atoms with Gasteiger partial charge in [-0.25, -0.2) is 0 Å². The average molecular weight is 197 g/mol. The number of carbonyl (C=O) groups is 1. The molecule has 0 spiro atoms. The molecule has 0 atom stereocenters. The first kappa shape index (κ1) is 12.9. The fourth-order valence-electron chi connectivity index (χ4n) is 1.33. The Morgan fingerprint density at radius 1 is 1.14 bits per heavy atom. The predicted molar refractivity (Wildman–Crippen MR) is 58.9 cm³/mol. The molecule has 3 nitrogen and oxygen atoms in total. The minimum atomic E-state index is -0.236. The number of aliphatic hydroxyl groups is 1. The second-order valence-corrected chi connectivity index (χ2v) is 4.38. The molecule has 0 saturated carbocycles. The van der Waals surface area contributed by atoms with Gasteiger partial charge in [-0.15, -0.1) is 0 Å². The van der Waals surface area contributed by atoms with Gasteiger partial charge < -0.3 is 5.11 Å². The molecule has 0 aromatic carbocycles. The van der Waals surface area contributed by atoms with Gasteiger partial charge in [-0.1, -0.05) is 0 Å². The van der Waals surface area contributed by atoms with Gasteiger partial charge in [0, 0.05) is 5.71 Å². The van der Waals surface area contributed by atoms with Crippen molar-refractivity contribution in [3.8, 4) is 0 Å². The smallest absolute Gasteiger partial charge is 0.164 e. The van der Waals surface area contributed by atoms with E-state index in [9.17, 15) is 9.90 Å². The molecule has 0 aromatic heterocycles. The number of aliphatic imine (C=N–C) groups is 1. The quantitative estimate of drug-likeness (QED) is 0.420. The molecule has 80 valence electrons. The van der Waals surface area contributed by atoms with Crippen LogP contribution in [-0.4, -0.2) is 22.1 Å². The Labute approximate surface area is 85.6 Å². The van der Waals surface area contributed by atoms with E-state index in [-0.39, 0.29) is 17.1 Å². The van der Waals surface area contributed by atoms with Crippen LogP contribution in [0.1, 0.15) is 41.5 Å². The van der Waals surface area contributed by atoms with E-state index in [2.05, 4.69) is 4.99 Å². The highest BCUT2D eigenvalue weighted by atomic mass is 16.3. The molecule has 0 bridgehead atoms. The molecule has 0 aliphatic carbocycles. The number of hydrogen-bond donors (Lipinski definition) is 1. The Morgan fingerprint density at radius 2 is 1.57 bits per heavy atom. The second kappa shape index (κ2) is 4.40. The van der Waals surface area contributed by atoms with Crippen LogP contribution >= 0.6 is 0 Å². The van der Waals surface area contributed by atoms with E-state index in [4.69, 9.17) is 0 Å². The summed E-state index contributed by atoms with van der Waals surface area (Å²) < 4.78 is 0. The van der Waals surface area contributed by atoms with Gasteiger partial charge >= 0.3 is 0 Å². The Bertz CT molecular complexity index is 289. The summed E-state index contributed by atoms with van der Waals surface area (Å²) in [6.45, 7) is 10.5. The molecule has 0 amide bonds. The van der Waals surface area contributed by atoms with E-state index in [0.29, 0.717) is 11.3 Å². The SMILES string of the molecule is CC(=O)/C(C(C)=NC(C)(C)C)=C(\C)O. The third-order valence-electron chi connectivity index (χ3n) is 1.58. The van der Waals surface area contributed by atoms with Crippen LogP contribution in [0.4, 0.5) is 0 Å². The largest absolute Gasteiger partial charge is 0.512 e. The summed E-state index contributed by atoms with van der Waals surface area (Å²) in [6.07, 6.45) is 0. The molecule has 0 radical (unpaired) electrons. The van der Waals surface area contributed by atoms with Crippen molar-refractivity contribution in [2.75, 3.05) is 0 Å². The summed E-state index contributed by atoms with van der Waals surface area (Å²) in [5.41, 5.74) is 0.671. The molecule has 0 unspecified atom stereocenters. The summed E-state index contributed by atoms with van der Waals surface area (Å²) in [5.74, 6) is -0.126. The zero-order chi connectivity index (χ0) is 11.5. The molecule has 0 aromatic rings. The monoisotopic (exact) mass is 197 g/mol. The maximum absolute atomic E-state index is 11.2. The lowest BCUT2D eigenvalue weighted by Gasteiger charge is -2.15. The average Bonchev–Trinajstić information content (AvgIpc) is 1.78. The molecular formula is C11H19NO2. The number of aliphatic hydroxyl groups excluding tert-OH is 1. The first-order valence-electron chi connectivity index (χ1n) is 4.62. The number of hydrogen-bond acceptors (Lipinski definition) is 3. The maximum atomic E-state index is 11.2. The second-order valence-electron chi connectivity index (χ2n) is 4.38. The Hall–Kier alpha value is -1.12. The highest BCUT2D eigenvalue weighted by Gasteiger charge is 2.15. The lowest BCUT2D eigenvalue weighted by atomic mass is 10.0. The van der Waals surface area contributed by atoms with Gasteiger partial charge in [0.25, 0.3) is 0 Å². The lowest BCUT2D eigenvalue weighted by molar-refractivity contribution is -0.113. The van der Waals surface area contributed by atoms with Crippen LogP contribution in [0.3, 0.4) is 0 Å². The van der Waals surface area contributed by atoms with Gasteiger partial charge in [-0.05, 0) is 41.5 Å². The molecular weight excluding hydrogens is 178 g/mol. The molecule has 0 aliphatic heterocycles. The van der Waals surface area contributed by atoms with Crippen molar-refractivity contribution in [3.05, 3.63) is 11.3 Å². The highest BCUT2D eigenvalue weighted by molar-refractivity contribution is 6.21. The molecule has 0 heterocycles. The number of Topliss-reactive ketones (excluding diaryl/α,β-unsaturated/α-hetero) is 1. The van der Waals surface area contributed by atoms with Crippen molar-refractivity contribution in [1.82, 2.24) is 0 Å². The third-order valence-corrected chi connectivity index (χ3v) is 1.58. The van der Waals surface area contributed by atoms with Crippen molar-refractivity contribution >= 4 is 11.5 Å². The van der Waals surface area contributed by atoms with E-state index in [0.717, 1.165) is 0 Å². The summed E-state index contributed by atoms with van der Waals surface area (Å²) in [5, 5.41) is 9.33. The van der Waals surface area contributed by atoms with Gasteiger partial charge in [0.2, 0.25) is 0 Å². The topological polar surface area (TPSA) is 49.7 Å². The van der Waals surface area contributed by atoms with Crippen molar-refractivity contribution < 1.29 is 9.90 Å². The predicted octanol–water partition coefficient (Wildman–Crippen LogP) is 2.67. The normalized spacial score (nSPS) is 15.1. The first-order chi connectivity index (χ1) is 6.15. The first-order valence-corrected chi connectivity index (χ1v) is 4.62. The van der Waals surface area contributed by atoms with E-state index in [1.165, 1.54) is 13.8 Å². The number of rotatable bonds is 2. The van der Waals surface area contributed by atoms with Gasteiger partial charge in [-0.3, -0.25) is 9.79 Å². The molecule has 0 saturated heterocycles. The molecule has 1 N–H and O–H groups in total. The van der Waals surface area contributed by atoms with Crippen molar-refractivity contribution in [2.45, 2.75) is 47.1 Å². The Balaban J connectivity index is 5.20. The van der Waals surface area contributed by atoms with Crippen LogP contribution in [0, 0.1) is 0 Å². The van der Waals surface area contributed by atoms with E-state index < -0.39 is 0 Å². The Kier molecular flexibility index (Phi) is 4.05. The van der Waals surface area contributed by atoms with Crippen LogP contribution in [0.25, 0.3) is 0 Å². The van der Waals surface area contributed by atoms with E-state index in [1.54, 1.807) is 6.92 Å². The number of ketones is 1. The molecule has 0 rings (SSSR count). The molecule has 3 heteroatoms. The lowest BCUT2D eigenvalue weighted by Crippen LogP contribution is -2.17. The molecule has 0 fully saturated rings. The van der Waals surface area contributed by atoms with Crippen molar-refractivity contribution in [3.63, 3.8) is 0 Å². The van der Waals surface area contributed by atoms with Crippen LogP contribution in [0.15, 0.2) is 16.3 Å². The Morgan fingerprint density at radius 3 is 1.79 bits per heavy atom. The van der Waals surface area contributed by atoms with Crippen molar-refractivity contribution in [1.29, 1.82) is 0 Å². The summed E-state index contributed by atoms with van der Waals surface area (Å²) in [4.78, 5) is 15.5. The van der Waals surface area contributed by atoms with Gasteiger partial charge in [0.05, 0.1) is 11.1 Å². The van der Waals surface area contributed by atoms with E-state index in [1.807, 2.05) is 20.8 Å². The van der Waals surface area contributed by atoms with E-state index >= 15 is 0 Å². The third kappa shape index (κ3) is 4.21. The zero-order valence-corrected chi connectivity index (χ0v) is 9.80. The summed E-state index contributed by atoms with van der Waals surface area (Å²) in [7, 11) is 0. The maximum Gasteiger partial charge on any atom is 0.164 e. The fraction of sp³-hybridized carbons (Fsp3) is 0.636. The van der Waals surface area contributed by atoms with Gasteiger partial charge in [0.1, 0.15) is 5.76 Å². The van der Waals surface area contributed by atoms with Crippen LogP contribution < -0.4 is 0 Å². The number of nitrogens with zero attached hydrogens (tertiary/aromatic N) is 1. The van der Waals surface area contributed by atoms with Crippen LogP contribution in [-0.2, 0) is 4.79 Å². The van der Waals surface area contributed by atoms with Gasteiger partial charge in [-0.2, -0.15) is 0 Å². The highest BCUT2D eigenvalue weighted by Crippen LogP contribution is 2.12. The number of allylic oxidation sites excluding steroid dienone is 2. The summed E-state index contributed by atoms with van der Waals surface area (Å²) >= 11 is 0. The fourth-order valence-corrected chi connectivity index (χ4v) is 1.33. The minimum Gasteiger partial charge on any atom is -0.512 e. The van der Waals surface area contributed by atoms with Gasteiger partial charge in [0.15, 0.2) is 5.78 Å².